The molecule has 4 aromatic rings. The van der Waals surface area contributed by atoms with Crippen molar-refractivity contribution in [1.82, 2.24) is 25.1 Å². The summed E-state index contributed by atoms with van der Waals surface area (Å²) in [7, 11) is 0. The highest BCUT2D eigenvalue weighted by atomic mass is 32.1. The highest BCUT2D eigenvalue weighted by molar-refractivity contribution is 7.22. The molecule has 2 atom stereocenters. The first-order valence-corrected chi connectivity index (χ1v) is 21.6. The van der Waals surface area contributed by atoms with E-state index in [-0.39, 0.29) is 40.8 Å². The van der Waals surface area contributed by atoms with Gasteiger partial charge in [0.1, 0.15) is 5.82 Å². The number of rotatable bonds is 16. The van der Waals surface area contributed by atoms with Gasteiger partial charge in [-0.2, -0.15) is 0 Å². The number of fused-ring (bicyclic) bond motifs is 2. The van der Waals surface area contributed by atoms with Crippen molar-refractivity contribution in [2.45, 2.75) is 84.7 Å². The number of thiazole rings is 1. The summed E-state index contributed by atoms with van der Waals surface area (Å²) in [5.41, 5.74) is 10.7. The number of benzene rings is 1. The number of carbonyl (C=O) groups is 1. The summed E-state index contributed by atoms with van der Waals surface area (Å²) in [4.78, 5) is 31.5. The van der Waals surface area contributed by atoms with E-state index >= 15 is 0 Å². The fourth-order valence-electron chi connectivity index (χ4n) is 11.9. The van der Waals surface area contributed by atoms with Crippen molar-refractivity contribution >= 4 is 61.4 Å². The number of nitrogens with one attached hydrogen (secondary N) is 1. The fraction of sp³-hybridized carbons (Fsp3) is 0.545. The summed E-state index contributed by atoms with van der Waals surface area (Å²) in [6.45, 7) is 12.3. The number of aromatic carboxylic acids is 1. The van der Waals surface area contributed by atoms with Crippen LogP contribution in [0.2, 0.25) is 0 Å². The van der Waals surface area contributed by atoms with Crippen LogP contribution in [-0.4, -0.2) is 110 Å². The summed E-state index contributed by atoms with van der Waals surface area (Å²) >= 11 is 1.56. The molecule has 14 nitrogen and oxygen atoms in total. The van der Waals surface area contributed by atoms with Gasteiger partial charge in [-0.1, -0.05) is 37.3 Å². The van der Waals surface area contributed by atoms with E-state index in [4.69, 9.17) is 25.4 Å². The second-order valence-electron chi connectivity index (χ2n) is 18.2. The second kappa shape index (κ2) is 16.1. The maximum atomic E-state index is 12.9. The smallest absolute Gasteiger partial charge is 0.355 e. The molecule has 1 aliphatic heterocycles. The van der Waals surface area contributed by atoms with E-state index in [0.717, 1.165) is 71.4 Å². The number of aliphatic imine (C=N–C) groups is 1. The van der Waals surface area contributed by atoms with Gasteiger partial charge in [0.15, 0.2) is 22.5 Å². The number of nitrogens with two attached hydrogens (primary N) is 1. The molecular formula is C44H57N9O5S. The van der Waals surface area contributed by atoms with E-state index in [0.29, 0.717) is 73.6 Å². The molecule has 59 heavy (non-hydrogen) atoms. The summed E-state index contributed by atoms with van der Waals surface area (Å²) in [6.07, 6.45) is 9.34. The molecule has 4 heterocycles. The molecule has 314 valence electrons. The Labute approximate surface area is 349 Å². The molecule has 0 amide bonds. The van der Waals surface area contributed by atoms with Gasteiger partial charge < -0.3 is 36.0 Å². The summed E-state index contributed by atoms with van der Waals surface area (Å²) in [5, 5.41) is 42.9. The molecule has 2 unspecified atom stereocenters. The van der Waals surface area contributed by atoms with Crippen LogP contribution in [0.1, 0.15) is 92.9 Å². The van der Waals surface area contributed by atoms with Crippen molar-refractivity contribution in [1.29, 1.82) is 0 Å². The van der Waals surface area contributed by atoms with Gasteiger partial charge in [0.2, 0.25) is 0 Å². The van der Waals surface area contributed by atoms with Crippen LogP contribution in [-0.2, 0) is 11.2 Å². The number of carboxylic acid groups (broad SMARTS) is 1. The van der Waals surface area contributed by atoms with Gasteiger partial charge in [0.05, 0.1) is 35.6 Å². The number of aromatic nitrogens is 4. The number of hydrogen-bond donors (Lipinski definition) is 5. The highest BCUT2D eigenvalue weighted by Gasteiger charge is 2.66. The molecule has 4 aliphatic carbocycles. The van der Waals surface area contributed by atoms with Crippen molar-refractivity contribution in [3.05, 3.63) is 65.0 Å². The van der Waals surface area contributed by atoms with E-state index in [1.54, 1.807) is 17.4 Å². The second-order valence-corrected chi connectivity index (χ2v) is 19.2. The van der Waals surface area contributed by atoms with E-state index in [2.05, 4.69) is 29.4 Å². The zero-order valence-electron chi connectivity index (χ0n) is 34.6. The quantitative estimate of drug-likeness (QED) is 0.0770. The highest BCUT2D eigenvalue weighted by Crippen LogP contribution is 2.71. The van der Waals surface area contributed by atoms with Crippen LogP contribution in [0.4, 0.5) is 22.6 Å². The maximum Gasteiger partial charge on any atom is 0.355 e. The Hall–Kier alpha value is -4.54. The number of carboxylic acids is 1. The van der Waals surface area contributed by atoms with Gasteiger partial charge in [-0.05, 0) is 106 Å². The molecule has 5 aliphatic rings. The maximum absolute atomic E-state index is 12.9. The van der Waals surface area contributed by atoms with Crippen LogP contribution in [0.3, 0.4) is 0 Å². The zero-order chi connectivity index (χ0) is 41.6. The third-order valence-corrected chi connectivity index (χ3v) is 14.0. The minimum Gasteiger partial charge on any atom is -0.476 e. The summed E-state index contributed by atoms with van der Waals surface area (Å²) in [5.74, 6) is 0.641. The molecule has 0 radical (unpaired) electrons. The molecule has 4 bridgehead atoms. The normalized spacial score (nSPS) is 26.5. The Morgan fingerprint density at radius 1 is 1.02 bits per heavy atom. The standard InChI is InChI=1S/C44H57N9O5S/c1-28-30-8-7-13-53(38(30)51-50-37(28)49-40-47-33-9-5-6-10-34(33)59-40)35-12-11-31(36(48-35)39(56)57)32(20-45)29(2)46-27-43-22-41(3)21-42(4,23-43)25-44(24-41,26-43)58-19-16-52(14-17-54)15-18-55/h5-6,9-12,20,54-55H,7-8,13-19,21-27,45H2,1-4H3,(H,56,57)(H,47,49,50)/b32-20+,46-29?. The number of para-hydroxylation sites is 1. The molecule has 6 N–H and O–H groups in total. The molecule has 4 saturated carbocycles. The Kier molecular flexibility index (Phi) is 11.3. The van der Waals surface area contributed by atoms with Crippen molar-refractivity contribution in [3.63, 3.8) is 0 Å². The minimum atomic E-state index is -1.15. The number of aliphatic hydroxyl groups is 2. The molecule has 9 rings (SSSR count). The first-order chi connectivity index (χ1) is 28.3. The average molecular weight is 824 g/mol. The lowest BCUT2D eigenvalue weighted by molar-refractivity contribution is -0.242. The largest absolute Gasteiger partial charge is 0.476 e. The van der Waals surface area contributed by atoms with Crippen LogP contribution in [0, 0.1) is 23.2 Å². The van der Waals surface area contributed by atoms with E-state index in [1.165, 1.54) is 12.6 Å². The predicted octanol–water partition coefficient (Wildman–Crippen LogP) is 6.50. The van der Waals surface area contributed by atoms with E-state index in [9.17, 15) is 20.1 Å². The van der Waals surface area contributed by atoms with Crippen molar-refractivity contribution in [2.24, 2.45) is 27.0 Å². The third-order valence-electron chi connectivity index (χ3n) is 13.1. The lowest BCUT2D eigenvalue weighted by Gasteiger charge is -2.69. The van der Waals surface area contributed by atoms with E-state index in [1.807, 2.05) is 54.0 Å². The number of nitrogens with zero attached hydrogens (tertiary/aromatic N) is 7. The number of hydrogen-bond acceptors (Lipinski definition) is 14. The van der Waals surface area contributed by atoms with Gasteiger partial charge in [-0.3, -0.25) is 9.89 Å². The number of pyridine rings is 1. The Bertz CT molecular complexity index is 2240. The van der Waals surface area contributed by atoms with E-state index < -0.39 is 5.97 Å². The minimum absolute atomic E-state index is 0.0451. The lowest BCUT2D eigenvalue weighted by Crippen LogP contribution is -2.64. The number of aliphatic hydroxyl groups excluding tert-OH is 2. The topological polar surface area (TPSA) is 195 Å². The van der Waals surface area contributed by atoms with Gasteiger partial charge >= 0.3 is 5.97 Å². The summed E-state index contributed by atoms with van der Waals surface area (Å²) < 4.78 is 7.95. The monoisotopic (exact) mass is 823 g/mol. The summed E-state index contributed by atoms with van der Waals surface area (Å²) in [6, 6.07) is 11.6. The van der Waals surface area contributed by atoms with Crippen molar-refractivity contribution < 1.29 is 24.9 Å². The number of ether oxygens (including phenoxy) is 1. The predicted molar refractivity (Wildman–Crippen MR) is 232 cm³/mol. The number of anilines is 4. The Balaban J connectivity index is 1.01. The molecule has 0 saturated heterocycles. The Morgan fingerprint density at radius 2 is 1.76 bits per heavy atom. The van der Waals surface area contributed by atoms with Crippen LogP contribution >= 0.6 is 11.3 Å². The van der Waals surface area contributed by atoms with Crippen molar-refractivity contribution in [2.75, 3.05) is 62.8 Å². The zero-order valence-corrected chi connectivity index (χ0v) is 35.4. The van der Waals surface area contributed by atoms with Crippen LogP contribution in [0.5, 0.6) is 0 Å². The SMILES string of the molecule is CC(=NCC12CC3(C)CC(C)(C1)CC(OCCN(CCO)CCO)(C3)C2)/C(=C\N)c1ccc(N2CCCc3c2nnc(Nc2nc4ccccc4s2)c3C)nc1C(=O)O. The Morgan fingerprint density at radius 3 is 2.46 bits per heavy atom. The molecular weight excluding hydrogens is 767 g/mol. The van der Waals surface area contributed by atoms with Crippen LogP contribution in [0.15, 0.2) is 47.6 Å². The fourth-order valence-corrected chi connectivity index (χ4v) is 12.7. The third kappa shape index (κ3) is 8.19. The van der Waals surface area contributed by atoms with Gasteiger partial charge in [0.25, 0.3) is 0 Å². The number of allylic oxidation sites excluding steroid dienone is 1. The molecule has 3 aromatic heterocycles. The first kappa shape index (κ1) is 41.2. The average Bonchev–Trinajstić information content (AvgIpc) is 3.60. The van der Waals surface area contributed by atoms with Gasteiger partial charge in [0, 0.05) is 66.9 Å². The van der Waals surface area contributed by atoms with Crippen LogP contribution in [0.25, 0.3) is 15.8 Å². The van der Waals surface area contributed by atoms with Crippen molar-refractivity contribution in [3.8, 4) is 0 Å². The lowest BCUT2D eigenvalue weighted by atomic mass is 9.39. The van der Waals surface area contributed by atoms with Gasteiger partial charge in [-0.15, -0.1) is 10.2 Å². The van der Waals surface area contributed by atoms with Gasteiger partial charge in [-0.25, -0.2) is 14.8 Å². The molecule has 0 spiro atoms. The molecule has 1 aromatic carbocycles. The molecule has 15 heteroatoms. The van der Waals surface area contributed by atoms with Crippen LogP contribution < -0.4 is 16.0 Å². The first-order valence-electron chi connectivity index (χ1n) is 20.8. The molecule has 4 fully saturated rings.